The molecule has 1 amide bonds. The van der Waals surface area contributed by atoms with Crippen LogP contribution in [0.5, 0.6) is 0 Å². The third-order valence-corrected chi connectivity index (χ3v) is 5.17. The van der Waals surface area contributed by atoms with Crippen molar-refractivity contribution in [1.29, 1.82) is 0 Å². The van der Waals surface area contributed by atoms with Crippen LogP contribution in [0.15, 0.2) is 29.5 Å². The summed E-state index contributed by atoms with van der Waals surface area (Å²) in [4.78, 5) is 23.2. The lowest BCUT2D eigenvalue weighted by Gasteiger charge is -2.33. The second-order valence-electron chi connectivity index (χ2n) is 8.61. The van der Waals surface area contributed by atoms with Crippen molar-refractivity contribution in [2.45, 2.75) is 44.7 Å². The molecule has 162 valence electrons. The number of fused-ring (bicyclic) bond motifs is 1. The molecule has 3 heterocycles. The molecule has 1 saturated heterocycles. The Morgan fingerprint density at radius 2 is 2.30 bits per heavy atom. The van der Waals surface area contributed by atoms with Gasteiger partial charge in [-0.2, -0.15) is 0 Å². The number of alkyl halides is 1. The smallest absolute Gasteiger partial charge is 0.410 e. The number of aliphatic imine (C=N–C) groups is 1. The molecule has 7 nitrogen and oxygen atoms in total. The Balaban J connectivity index is 1.59. The van der Waals surface area contributed by atoms with Gasteiger partial charge in [-0.1, -0.05) is 11.6 Å². The fraction of sp³-hybridized carbons (Fsp3) is 0.500. The summed E-state index contributed by atoms with van der Waals surface area (Å²) in [6, 6.07) is 1.97. The lowest BCUT2D eigenvalue weighted by atomic mass is 9.98. The number of piperidine rings is 1. The number of aromatic nitrogens is 1. The average Bonchev–Trinajstić information content (AvgIpc) is 2.69. The van der Waals surface area contributed by atoms with Crippen molar-refractivity contribution >= 4 is 41.2 Å². The molecule has 3 rings (SSSR count). The molecule has 2 aliphatic rings. The van der Waals surface area contributed by atoms with E-state index in [0.717, 1.165) is 41.9 Å². The van der Waals surface area contributed by atoms with Gasteiger partial charge in [0, 0.05) is 49.4 Å². The van der Waals surface area contributed by atoms with Crippen LogP contribution in [0.3, 0.4) is 0 Å². The van der Waals surface area contributed by atoms with Gasteiger partial charge in [0.25, 0.3) is 0 Å². The van der Waals surface area contributed by atoms with Crippen LogP contribution in [0.1, 0.15) is 44.9 Å². The standard InChI is InChI=1S/C22H30ClN5O2/c1-22(2,3)30-21(29)28-8-4-5-15(14-28)11-25-12-17(10-24)16-9-19-18(26-13-16)6-7-20(23)27-19/h6-7,9-10,12-13,15,20,27H,4-5,8,11,14,24H2,1-3H3. The van der Waals surface area contributed by atoms with Crippen molar-refractivity contribution in [2.24, 2.45) is 16.6 Å². The highest BCUT2D eigenvalue weighted by Gasteiger charge is 2.27. The first kappa shape index (κ1) is 22.2. The number of hydrogen-bond donors (Lipinski definition) is 2. The normalized spacial score (nSPS) is 22.0. The van der Waals surface area contributed by atoms with Gasteiger partial charge >= 0.3 is 6.09 Å². The molecule has 0 aromatic carbocycles. The van der Waals surface area contributed by atoms with Crippen molar-refractivity contribution < 1.29 is 9.53 Å². The molecule has 2 unspecified atom stereocenters. The first-order valence-electron chi connectivity index (χ1n) is 10.2. The molecule has 0 spiro atoms. The minimum absolute atomic E-state index is 0.252. The number of carbonyl (C=O) groups excluding carboxylic acids is 1. The number of amides is 1. The van der Waals surface area contributed by atoms with Gasteiger partial charge in [0.1, 0.15) is 11.1 Å². The molecule has 1 aromatic heterocycles. The Bertz CT molecular complexity index is 860. The SMILES string of the molecule is CC(C)(C)OC(=O)N1CCCC(CN=CC(=CN)c2cnc3c(c2)NC(Cl)C=C3)C1. The summed E-state index contributed by atoms with van der Waals surface area (Å²) in [5.41, 5.74) is 8.45. The number of nitrogens with zero attached hydrogens (tertiary/aromatic N) is 3. The number of rotatable bonds is 4. The molecular formula is C22H30ClN5O2. The quantitative estimate of drug-likeness (QED) is 0.425. The largest absolute Gasteiger partial charge is 0.444 e. The number of anilines is 1. The second kappa shape index (κ2) is 9.51. The summed E-state index contributed by atoms with van der Waals surface area (Å²) in [6.07, 6.45) is 10.5. The summed E-state index contributed by atoms with van der Waals surface area (Å²) in [7, 11) is 0. The van der Waals surface area contributed by atoms with Crippen LogP contribution >= 0.6 is 11.6 Å². The van der Waals surface area contributed by atoms with E-state index >= 15 is 0 Å². The first-order chi connectivity index (χ1) is 14.2. The summed E-state index contributed by atoms with van der Waals surface area (Å²) >= 11 is 6.12. The van der Waals surface area contributed by atoms with Gasteiger partial charge < -0.3 is 20.7 Å². The Morgan fingerprint density at radius 3 is 3.03 bits per heavy atom. The maximum absolute atomic E-state index is 12.3. The van der Waals surface area contributed by atoms with E-state index in [1.165, 1.54) is 6.20 Å². The van der Waals surface area contributed by atoms with Crippen molar-refractivity contribution in [2.75, 3.05) is 25.0 Å². The third kappa shape index (κ3) is 5.98. The zero-order valence-corrected chi connectivity index (χ0v) is 18.5. The molecule has 1 aromatic rings. The van der Waals surface area contributed by atoms with Gasteiger partial charge in [-0.3, -0.25) is 9.98 Å². The van der Waals surface area contributed by atoms with Crippen molar-refractivity contribution in [3.8, 4) is 0 Å². The molecule has 0 saturated carbocycles. The monoisotopic (exact) mass is 431 g/mol. The van der Waals surface area contributed by atoms with Gasteiger partial charge in [-0.05, 0) is 57.7 Å². The van der Waals surface area contributed by atoms with E-state index in [1.54, 1.807) is 17.3 Å². The Labute approximate surface area is 183 Å². The van der Waals surface area contributed by atoms with Crippen LogP contribution in [0.25, 0.3) is 11.6 Å². The lowest BCUT2D eigenvalue weighted by molar-refractivity contribution is 0.0171. The van der Waals surface area contributed by atoms with Crippen LogP contribution < -0.4 is 11.1 Å². The molecule has 30 heavy (non-hydrogen) atoms. The predicted molar refractivity (Wildman–Crippen MR) is 123 cm³/mol. The molecule has 1 fully saturated rings. The average molecular weight is 432 g/mol. The number of allylic oxidation sites excluding steroid dienone is 1. The highest BCUT2D eigenvalue weighted by atomic mass is 35.5. The maximum Gasteiger partial charge on any atom is 0.410 e. The van der Waals surface area contributed by atoms with Gasteiger partial charge in [0.15, 0.2) is 0 Å². The summed E-state index contributed by atoms with van der Waals surface area (Å²) in [5, 5.41) is 3.17. The second-order valence-corrected chi connectivity index (χ2v) is 9.08. The Hall–Kier alpha value is -2.54. The van der Waals surface area contributed by atoms with Crippen LogP contribution in [-0.4, -0.2) is 52.9 Å². The number of likely N-dealkylation sites (tertiary alicyclic amines) is 1. The Morgan fingerprint density at radius 1 is 1.50 bits per heavy atom. The van der Waals surface area contributed by atoms with E-state index in [1.807, 2.05) is 39.0 Å². The molecule has 8 heteroatoms. The number of pyridine rings is 1. The molecule has 0 radical (unpaired) electrons. The minimum Gasteiger partial charge on any atom is -0.444 e. The predicted octanol–water partition coefficient (Wildman–Crippen LogP) is 4.10. The number of ether oxygens (including phenoxy) is 1. The highest BCUT2D eigenvalue weighted by Crippen LogP contribution is 2.26. The maximum atomic E-state index is 12.3. The van der Waals surface area contributed by atoms with Crippen molar-refractivity contribution in [3.63, 3.8) is 0 Å². The molecule has 0 aliphatic carbocycles. The van der Waals surface area contributed by atoms with Crippen LogP contribution in [0.2, 0.25) is 0 Å². The number of nitrogens with two attached hydrogens (primary N) is 1. The van der Waals surface area contributed by atoms with E-state index in [0.29, 0.717) is 19.0 Å². The first-order valence-corrected chi connectivity index (χ1v) is 10.7. The zero-order chi connectivity index (χ0) is 21.7. The number of nitrogens with one attached hydrogen (secondary N) is 1. The van der Waals surface area contributed by atoms with Crippen LogP contribution in [-0.2, 0) is 4.74 Å². The highest BCUT2D eigenvalue weighted by molar-refractivity contribution is 6.23. The van der Waals surface area contributed by atoms with E-state index in [-0.39, 0.29) is 11.6 Å². The summed E-state index contributed by atoms with van der Waals surface area (Å²) < 4.78 is 5.49. The topological polar surface area (TPSA) is 92.8 Å². The molecule has 3 N–H and O–H groups in total. The number of halogens is 1. The van der Waals surface area contributed by atoms with E-state index in [2.05, 4.69) is 15.3 Å². The minimum atomic E-state index is -0.486. The van der Waals surface area contributed by atoms with E-state index < -0.39 is 5.60 Å². The van der Waals surface area contributed by atoms with Gasteiger partial charge in [0.05, 0.1) is 11.4 Å². The van der Waals surface area contributed by atoms with Crippen LogP contribution in [0.4, 0.5) is 10.5 Å². The van der Waals surface area contributed by atoms with Gasteiger partial charge in [0.2, 0.25) is 0 Å². The van der Waals surface area contributed by atoms with Crippen LogP contribution in [0, 0.1) is 5.92 Å². The fourth-order valence-corrected chi connectivity index (χ4v) is 3.66. The summed E-state index contributed by atoms with van der Waals surface area (Å²) in [5.74, 6) is 0.298. The molecule has 0 bridgehead atoms. The molecule has 2 atom stereocenters. The van der Waals surface area contributed by atoms with Gasteiger partial charge in [-0.25, -0.2) is 4.79 Å². The molecular weight excluding hydrogens is 402 g/mol. The van der Waals surface area contributed by atoms with Gasteiger partial charge in [-0.15, -0.1) is 0 Å². The van der Waals surface area contributed by atoms with E-state index in [9.17, 15) is 4.79 Å². The summed E-state index contributed by atoms with van der Waals surface area (Å²) in [6.45, 7) is 7.65. The lowest BCUT2D eigenvalue weighted by Crippen LogP contribution is -2.43. The van der Waals surface area contributed by atoms with E-state index in [4.69, 9.17) is 22.1 Å². The Kier molecular flexibility index (Phi) is 7.02. The fourth-order valence-electron chi connectivity index (χ4n) is 3.47. The molecule has 2 aliphatic heterocycles. The van der Waals surface area contributed by atoms with Crippen molar-refractivity contribution in [3.05, 3.63) is 35.8 Å². The number of carbonyl (C=O) groups is 1. The van der Waals surface area contributed by atoms with Crippen molar-refractivity contribution in [1.82, 2.24) is 9.88 Å². The number of hydrogen-bond acceptors (Lipinski definition) is 6. The third-order valence-electron chi connectivity index (χ3n) is 4.91. The zero-order valence-electron chi connectivity index (χ0n) is 17.8.